The van der Waals surface area contributed by atoms with Crippen molar-refractivity contribution in [1.82, 2.24) is 0 Å². The highest BCUT2D eigenvalue weighted by Crippen LogP contribution is 2.27. The molecule has 10 heteroatoms. The Balaban J connectivity index is 1.76. The fourth-order valence-electron chi connectivity index (χ4n) is 2.85. The molecule has 3 aromatic rings. The maximum atomic E-state index is 12.9. The topological polar surface area (TPSA) is 116 Å². The van der Waals surface area contributed by atoms with E-state index >= 15 is 0 Å². The number of nitrogens with zero attached hydrogens (tertiary/aromatic N) is 1. The molecule has 0 saturated carbocycles. The highest BCUT2D eigenvalue weighted by molar-refractivity contribution is 6.33. The third kappa shape index (κ3) is 5.74. The average molecular weight is 487 g/mol. The molecule has 0 saturated heterocycles. The molecule has 0 bridgehead atoms. The number of amides is 1. The van der Waals surface area contributed by atoms with Crippen LogP contribution in [-0.2, 0) is 9.53 Å². The molecule has 0 aliphatic carbocycles. The second-order valence-corrected chi connectivity index (χ2v) is 7.68. The molecule has 0 aliphatic rings. The molecule has 1 unspecified atom stereocenters. The lowest BCUT2D eigenvalue weighted by atomic mass is 9.98. The van der Waals surface area contributed by atoms with Gasteiger partial charge in [0.1, 0.15) is 0 Å². The minimum Gasteiger partial charge on any atom is -0.449 e. The molecular formula is C23H16Cl2N2O6. The van der Waals surface area contributed by atoms with Crippen molar-refractivity contribution in [3.05, 3.63) is 104 Å². The van der Waals surface area contributed by atoms with Crippen LogP contribution in [0.4, 0.5) is 11.4 Å². The van der Waals surface area contributed by atoms with E-state index < -0.39 is 28.7 Å². The number of carbonyl (C=O) groups is 3. The van der Waals surface area contributed by atoms with Crippen molar-refractivity contribution in [2.75, 3.05) is 5.32 Å². The van der Waals surface area contributed by atoms with Crippen LogP contribution in [0.5, 0.6) is 0 Å². The predicted molar refractivity (Wildman–Crippen MR) is 123 cm³/mol. The summed E-state index contributed by atoms with van der Waals surface area (Å²) in [6.45, 7) is 1.32. The van der Waals surface area contributed by atoms with Gasteiger partial charge in [-0.25, -0.2) is 4.79 Å². The van der Waals surface area contributed by atoms with Gasteiger partial charge in [0, 0.05) is 28.3 Å². The fraction of sp³-hybridized carbons (Fsp3) is 0.0870. The lowest BCUT2D eigenvalue weighted by Gasteiger charge is -2.15. The van der Waals surface area contributed by atoms with Crippen LogP contribution < -0.4 is 5.32 Å². The Kier molecular flexibility index (Phi) is 7.42. The normalized spacial score (nSPS) is 11.4. The first-order valence-corrected chi connectivity index (χ1v) is 10.3. The number of nitro benzene ring substituents is 1. The maximum absolute atomic E-state index is 12.9. The summed E-state index contributed by atoms with van der Waals surface area (Å²) in [5, 5.41) is 13.9. The van der Waals surface area contributed by atoms with Crippen LogP contribution in [-0.4, -0.2) is 28.7 Å². The van der Waals surface area contributed by atoms with Gasteiger partial charge in [-0.05, 0) is 43.3 Å². The number of nitrogens with one attached hydrogen (secondary N) is 1. The second-order valence-electron chi connectivity index (χ2n) is 6.84. The lowest BCUT2D eigenvalue weighted by molar-refractivity contribution is -0.384. The highest BCUT2D eigenvalue weighted by atomic mass is 35.5. The summed E-state index contributed by atoms with van der Waals surface area (Å²) < 4.78 is 5.23. The van der Waals surface area contributed by atoms with E-state index in [4.69, 9.17) is 27.9 Å². The molecule has 3 aromatic carbocycles. The van der Waals surface area contributed by atoms with Crippen molar-refractivity contribution in [3.8, 4) is 0 Å². The van der Waals surface area contributed by atoms with Crippen LogP contribution in [0.15, 0.2) is 66.7 Å². The molecule has 8 nitrogen and oxygen atoms in total. The van der Waals surface area contributed by atoms with E-state index in [1.807, 2.05) is 0 Å². The van der Waals surface area contributed by atoms with Gasteiger partial charge in [-0.1, -0.05) is 41.4 Å². The Hall–Kier alpha value is -3.75. The van der Waals surface area contributed by atoms with E-state index in [1.165, 1.54) is 43.3 Å². The Morgan fingerprint density at radius 2 is 1.61 bits per heavy atom. The van der Waals surface area contributed by atoms with Crippen molar-refractivity contribution in [1.29, 1.82) is 0 Å². The smallest absolute Gasteiger partial charge is 0.339 e. The number of hydrogen-bond donors (Lipinski definition) is 1. The molecule has 0 heterocycles. The van der Waals surface area contributed by atoms with Crippen molar-refractivity contribution in [2.45, 2.75) is 13.0 Å². The average Bonchev–Trinajstić information content (AvgIpc) is 2.80. The van der Waals surface area contributed by atoms with E-state index in [0.717, 1.165) is 6.07 Å². The molecule has 3 rings (SSSR count). The van der Waals surface area contributed by atoms with Gasteiger partial charge in [0.15, 0.2) is 11.9 Å². The van der Waals surface area contributed by atoms with Crippen LogP contribution in [0.25, 0.3) is 0 Å². The summed E-state index contributed by atoms with van der Waals surface area (Å²) in [5.41, 5.74) is 0.126. The molecule has 168 valence electrons. The van der Waals surface area contributed by atoms with E-state index in [1.54, 1.807) is 24.3 Å². The van der Waals surface area contributed by atoms with Crippen molar-refractivity contribution in [2.24, 2.45) is 0 Å². The Bertz CT molecular complexity index is 1240. The van der Waals surface area contributed by atoms with Gasteiger partial charge in [-0.3, -0.25) is 19.7 Å². The zero-order chi connectivity index (χ0) is 24.1. The number of ketones is 1. The third-order valence-electron chi connectivity index (χ3n) is 4.57. The lowest BCUT2D eigenvalue weighted by Crippen LogP contribution is -2.30. The van der Waals surface area contributed by atoms with Gasteiger partial charge < -0.3 is 10.1 Å². The molecule has 0 radical (unpaired) electrons. The summed E-state index contributed by atoms with van der Waals surface area (Å²) in [4.78, 5) is 48.4. The quantitative estimate of drug-likeness (QED) is 0.209. The molecule has 33 heavy (non-hydrogen) atoms. The number of ether oxygens (including phenoxy) is 1. The number of benzene rings is 3. The number of carbonyl (C=O) groups excluding carboxylic acids is 3. The van der Waals surface area contributed by atoms with E-state index in [2.05, 4.69) is 5.32 Å². The van der Waals surface area contributed by atoms with Crippen molar-refractivity contribution < 1.29 is 24.0 Å². The largest absolute Gasteiger partial charge is 0.449 e. The van der Waals surface area contributed by atoms with Crippen LogP contribution in [0.2, 0.25) is 10.0 Å². The first-order chi connectivity index (χ1) is 15.7. The maximum Gasteiger partial charge on any atom is 0.339 e. The van der Waals surface area contributed by atoms with E-state index in [0.29, 0.717) is 10.6 Å². The molecular weight excluding hydrogens is 471 g/mol. The van der Waals surface area contributed by atoms with Gasteiger partial charge in [-0.2, -0.15) is 0 Å². The number of hydrogen-bond acceptors (Lipinski definition) is 6. The van der Waals surface area contributed by atoms with Gasteiger partial charge >= 0.3 is 5.97 Å². The van der Waals surface area contributed by atoms with Crippen molar-refractivity contribution in [3.63, 3.8) is 0 Å². The molecule has 0 spiro atoms. The predicted octanol–water partition coefficient (Wildman–Crippen LogP) is 5.32. The van der Waals surface area contributed by atoms with Gasteiger partial charge in [-0.15, -0.1) is 0 Å². The summed E-state index contributed by atoms with van der Waals surface area (Å²) in [6, 6.07) is 15.8. The summed E-state index contributed by atoms with van der Waals surface area (Å²) in [7, 11) is 0. The summed E-state index contributed by atoms with van der Waals surface area (Å²) in [5.74, 6) is -2.06. The van der Waals surface area contributed by atoms with Crippen LogP contribution in [0.1, 0.15) is 33.2 Å². The Morgan fingerprint density at radius 1 is 0.970 bits per heavy atom. The van der Waals surface area contributed by atoms with Gasteiger partial charge in [0.2, 0.25) is 0 Å². The van der Waals surface area contributed by atoms with E-state index in [-0.39, 0.29) is 27.5 Å². The zero-order valence-electron chi connectivity index (χ0n) is 17.1. The Morgan fingerprint density at radius 3 is 2.24 bits per heavy atom. The molecule has 0 aliphatic heterocycles. The first kappa shape index (κ1) is 23.9. The molecule has 1 atom stereocenters. The van der Waals surface area contributed by atoms with Gasteiger partial charge in [0.25, 0.3) is 11.6 Å². The molecule has 1 amide bonds. The van der Waals surface area contributed by atoms with Crippen molar-refractivity contribution >= 4 is 52.2 Å². The number of anilines is 1. The van der Waals surface area contributed by atoms with E-state index in [9.17, 15) is 24.5 Å². The SMILES string of the molecule is CC(OC(=O)c1ccccc1C(=O)c1ccc(Cl)cc1)C(=O)Nc1cc([N+](=O)[O-])ccc1Cl. The minimum atomic E-state index is -1.29. The van der Waals surface area contributed by atoms with Crippen LogP contribution in [0.3, 0.4) is 0 Å². The fourth-order valence-corrected chi connectivity index (χ4v) is 3.14. The number of halogens is 2. The monoisotopic (exact) mass is 486 g/mol. The van der Waals surface area contributed by atoms with Gasteiger partial charge in [0.05, 0.1) is 21.2 Å². The third-order valence-corrected chi connectivity index (χ3v) is 5.15. The standard InChI is InChI=1S/C23H16Cl2N2O6/c1-13(22(29)26-20-12-16(27(31)32)10-11-19(20)25)33-23(30)18-5-3-2-4-17(18)21(28)14-6-8-15(24)9-7-14/h2-13H,1H3,(H,26,29). The minimum absolute atomic E-state index is 0.00270. The highest BCUT2D eigenvalue weighted by Gasteiger charge is 2.24. The summed E-state index contributed by atoms with van der Waals surface area (Å²) >= 11 is 11.8. The molecule has 0 fully saturated rings. The van der Waals surface area contributed by atoms with Crippen LogP contribution in [0, 0.1) is 10.1 Å². The first-order valence-electron chi connectivity index (χ1n) is 9.52. The summed E-state index contributed by atoms with van der Waals surface area (Å²) in [6.07, 6.45) is -1.29. The van der Waals surface area contributed by atoms with Crippen LogP contribution >= 0.6 is 23.2 Å². The second kappa shape index (κ2) is 10.2. The number of esters is 1. The zero-order valence-corrected chi connectivity index (χ0v) is 18.6. The number of rotatable bonds is 7. The molecule has 0 aromatic heterocycles. The number of non-ortho nitro benzene ring substituents is 1. The number of nitro groups is 1. The molecule has 1 N–H and O–H groups in total. The Labute approximate surface area is 198 Å².